The maximum absolute atomic E-state index is 6.41. The quantitative estimate of drug-likeness (QED) is 0.702. The van der Waals surface area contributed by atoms with E-state index in [1.54, 1.807) is 0 Å². The van der Waals surface area contributed by atoms with Crippen LogP contribution in [0.3, 0.4) is 0 Å². The summed E-state index contributed by atoms with van der Waals surface area (Å²) in [6.45, 7) is 2.80. The van der Waals surface area contributed by atoms with Crippen LogP contribution in [0, 0.1) is 0 Å². The smallest absolute Gasteiger partial charge is 0.0992 e. The van der Waals surface area contributed by atoms with E-state index >= 15 is 0 Å². The molecule has 1 saturated heterocycles. The van der Waals surface area contributed by atoms with E-state index in [4.69, 9.17) is 39.5 Å². The summed E-state index contributed by atoms with van der Waals surface area (Å²) in [4.78, 5) is 0. The molecule has 2 atom stereocenters. The Hall–Kier alpha value is 0.530. The van der Waals surface area contributed by atoms with Gasteiger partial charge in [-0.05, 0) is 25.8 Å². The van der Waals surface area contributed by atoms with Gasteiger partial charge >= 0.3 is 0 Å². The summed E-state index contributed by atoms with van der Waals surface area (Å²) in [5.74, 6) is 0. The number of halogens is 3. The predicted octanol–water partition coefficient (Wildman–Crippen LogP) is 4.90. The van der Waals surface area contributed by atoms with Crippen LogP contribution in [0.4, 0.5) is 0 Å². The average Bonchev–Trinajstić information content (AvgIpc) is 2.73. The van der Waals surface area contributed by atoms with Crippen LogP contribution in [0.25, 0.3) is 0 Å². The van der Waals surface area contributed by atoms with E-state index in [0.717, 1.165) is 25.0 Å². The standard InChI is InChI=1S/C10H11Cl3OS/c1-10(3-2-4-14-10)8(12)6-5-7(11)15-9(6)13/h5,8H,2-4H2,1H3. The molecule has 1 aromatic rings. The number of alkyl halides is 1. The summed E-state index contributed by atoms with van der Waals surface area (Å²) >= 11 is 19.7. The molecule has 2 unspecified atom stereocenters. The van der Waals surface area contributed by atoms with Crippen molar-refractivity contribution in [3.05, 3.63) is 20.3 Å². The molecule has 1 aromatic heterocycles. The van der Waals surface area contributed by atoms with Gasteiger partial charge in [-0.2, -0.15) is 0 Å². The highest BCUT2D eigenvalue weighted by Gasteiger charge is 2.39. The van der Waals surface area contributed by atoms with Crippen LogP contribution in [0.2, 0.25) is 8.67 Å². The molecule has 0 radical (unpaired) electrons. The first-order valence-electron chi connectivity index (χ1n) is 4.76. The molecule has 5 heteroatoms. The van der Waals surface area contributed by atoms with E-state index in [2.05, 4.69) is 0 Å². The van der Waals surface area contributed by atoms with Gasteiger partial charge in [0.25, 0.3) is 0 Å². The fraction of sp³-hybridized carbons (Fsp3) is 0.600. The molecule has 1 fully saturated rings. The number of hydrogen-bond donors (Lipinski definition) is 0. The molecule has 2 heterocycles. The summed E-state index contributed by atoms with van der Waals surface area (Å²) < 4.78 is 7.02. The monoisotopic (exact) mass is 284 g/mol. The van der Waals surface area contributed by atoms with E-state index in [1.165, 1.54) is 11.3 Å². The van der Waals surface area contributed by atoms with Crippen LogP contribution in [0.1, 0.15) is 30.7 Å². The van der Waals surface area contributed by atoms with Crippen LogP contribution in [-0.4, -0.2) is 12.2 Å². The summed E-state index contributed by atoms with van der Waals surface area (Å²) in [5.41, 5.74) is 0.577. The number of ether oxygens (including phenoxy) is 1. The van der Waals surface area contributed by atoms with Gasteiger partial charge in [0.15, 0.2) is 0 Å². The molecule has 0 saturated carbocycles. The molecule has 84 valence electrons. The Morgan fingerprint density at radius 2 is 2.27 bits per heavy atom. The van der Waals surface area contributed by atoms with Crippen molar-refractivity contribution in [1.82, 2.24) is 0 Å². The Balaban J connectivity index is 2.27. The van der Waals surface area contributed by atoms with E-state index in [9.17, 15) is 0 Å². The van der Waals surface area contributed by atoms with Crippen molar-refractivity contribution in [2.45, 2.75) is 30.7 Å². The zero-order valence-electron chi connectivity index (χ0n) is 8.23. The lowest BCUT2D eigenvalue weighted by Gasteiger charge is -2.28. The molecule has 15 heavy (non-hydrogen) atoms. The molecule has 1 nitrogen and oxygen atoms in total. The molecule has 2 rings (SSSR count). The van der Waals surface area contributed by atoms with Crippen molar-refractivity contribution >= 4 is 46.1 Å². The van der Waals surface area contributed by atoms with Crippen LogP contribution < -0.4 is 0 Å². The zero-order valence-corrected chi connectivity index (χ0v) is 11.3. The van der Waals surface area contributed by atoms with Crippen molar-refractivity contribution in [1.29, 1.82) is 0 Å². The van der Waals surface area contributed by atoms with Crippen LogP contribution in [-0.2, 0) is 4.74 Å². The van der Waals surface area contributed by atoms with E-state index in [0.29, 0.717) is 8.67 Å². The Morgan fingerprint density at radius 1 is 1.53 bits per heavy atom. The normalized spacial score (nSPS) is 28.3. The van der Waals surface area contributed by atoms with E-state index in [1.807, 2.05) is 13.0 Å². The van der Waals surface area contributed by atoms with Gasteiger partial charge in [-0.1, -0.05) is 23.2 Å². The number of hydrogen-bond acceptors (Lipinski definition) is 2. The molecule has 0 aliphatic carbocycles. The van der Waals surface area contributed by atoms with Gasteiger partial charge in [0, 0.05) is 12.2 Å². The summed E-state index contributed by atoms with van der Waals surface area (Å²) in [5, 5.41) is -0.226. The highest BCUT2D eigenvalue weighted by atomic mass is 35.5. The second-order valence-corrected chi connectivity index (χ2v) is 6.63. The first-order valence-corrected chi connectivity index (χ1v) is 6.76. The van der Waals surface area contributed by atoms with Gasteiger partial charge in [-0.3, -0.25) is 0 Å². The van der Waals surface area contributed by atoms with Crippen LogP contribution in [0.15, 0.2) is 6.07 Å². The topological polar surface area (TPSA) is 9.23 Å². The largest absolute Gasteiger partial charge is 0.373 e. The minimum atomic E-state index is -0.310. The Labute approximate surface area is 108 Å². The van der Waals surface area contributed by atoms with Crippen molar-refractivity contribution in [2.24, 2.45) is 0 Å². The first-order chi connectivity index (χ1) is 7.03. The van der Waals surface area contributed by atoms with Gasteiger partial charge in [-0.25, -0.2) is 0 Å². The second-order valence-electron chi connectivity index (χ2n) is 3.91. The zero-order chi connectivity index (χ0) is 11.1. The Morgan fingerprint density at radius 3 is 2.73 bits per heavy atom. The average molecular weight is 286 g/mol. The highest BCUT2D eigenvalue weighted by molar-refractivity contribution is 7.20. The molecular formula is C10H11Cl3OS. The molecule has 1 aliphatic rings. The molecule has 0 bridgehead atoms. The van der Waals surface area contributed by atoms with Crippen LogP contribution in [0.5, 0.6) is 0 Å². The number of thiophene rings is 1. The van der Waals surface area contributed by atoms with Gasteiger partial charge < -0.3 is 4.74 Å². The van der Waals surface area contributed by atoms with Gasteiger partial charge in [0.05, 0.1) is 19.7 Å². The first kappa shape index (κ1) is 12.0. The second kappa shape index (κ2) is 4.42. The molecule has 0 amide bonds. The fourth-order valence-electron chi connectivity index (χ4n) is 1.86. The SMILES string of the molecule is CC1(C(Cl)c2cc(Cl)sc2Cl)CCCO1. The van der Waals surface area contributed by atoms with Crippen molar-refractivity contribution < 1.29 is 4.74 Å². The Kier molecular flexibility index (Phi) is 3.54. The van der Waals surface area contributed by atoms with Gasteiger partial charge in [0.2, 0.25) is 0 Å². The molecule has 0 spiro atoms. The maximum atomic E-state index is 6.41. The molecule has 1 aliphatic heterocycles. The summed E-state index contributed by atoms with van der Waals surface area (Å²) in [7, 11) is 0. The highest BCUT2D eigenvalue weighted by Crippen LogP contribution is 2.46. The summed E-state index contributed by atoms with van der Waals surface area (Å²) in [6, 6.07) is 1.83. The third-order valence-electron chi connectivity index (χ3n) is 2.74. The van der Waals surface area contributed by atoms with E-state index in [-0.39, 0.29) is 11.0 Å². The van der Waals surface area contributed by atoms with Gasteiger partial charge in [0.1, 0.15) is 0 Å². The Bertz CT molecular complexity index is 358. The lowest BCUT2D eigenvalue weighted by Crippen LogP contribution is -2.28. The lowest BCUT2D eigenvalue weighted by atomic mass is 9.94. The van der Waals surface area contributed by atoms with E-state index < -0.39 is 0 Å². The third-order valence-corrected chi connectivity index (χ3v) is 4.96. The number of rotatable bonds is 2. The molecule has 0 aromatic carbocycles. The lowest BCUT2D eigenvalue weighted by molar-refractivity contribution is 0.0165. The minimum absolute atomic E-state index is 0.226. The van der Waals surface area contributed by atoms with Gasteiger partial charge in [-0.15, -0.1) is 22.9 Å². The van der Waals surface area contributed by atoms with Crippen molar-refractivity contribution in [2.75, 3.05) is 6.61 Å². The fourth-order valence-corrected chi connectivity index (χ4v) is 3.85. The molecular weight excluding hydrogens is 275 g/mol. The molecule has 0 N–H and O–H groups in total. The third kappa shape index (κ3) is 2.29. The van der Waals surface area contributed by atoms with Crippen molar-refractivity contribution in [3.63, 3.8) is 0 Å². The summed E-state index contributed by atoms with van der Waals surface area (Å²) in [6.07, 6.45) is 2.01. The maximum Gasteiger partial charge on any atom is 0.0992 e. The van der Waals surface area contributed by atoms with Crippen molar-refractivity contribution in [3.8, 4) is 0 Å². The minimum Gasteiger partial charge on any atom is -0.373 e. The predicted molar refractivity (Wildman–Crippen MR) is 66.5 cm³/mol. The van der Waals surface area contributed by atoms with Crippen LogP contribution >= 0.6 is 46.1 Å².